The van der Waals surface area contributed by atoms with Crippen LogP contribution >= 0.6 is 46.4 Å². The van der Waals surface area contributed by atoms with Gasteiger partial charge in [-0.15, -0.1) is 0 Å². The van der Waals surface area contributed by atoms with Crippen LogP contribution < -0.4 is 5.56 Å². The number of para-hydroxylation sites is 1. The van der Waals surface area contributed by atoms with Crippen molar-refractivity contribution in [3.63, 3.8) is 0 Å². The van der Waals surface area contributed by atoms with Crippen LogP contribution in [0.4, 0.5) is 0 Å². The van der Waals surface area contributed by atoms with E-state index in [4.69, 9.17) is 46.4 Å². The van der Waals surface area contributed by atoms with Crippen LogP contribution in [0.3, 0.4) is 0 Å². The molecule has 2 aromatic rings. The lowest BCUT2D eigenvalue weighted by Crippen LogP contribution is -2.14. The number of aromatic nitrogens is 1. The number of benzene rings is 1. The largest absolute Gasteiger partial charge is 0.321 e. The molecule has 2 rings (SSSR count). The predicted octanol–water partition coefficient (Wildman–Crippen LogP) is 4.01. The molecule has 1 aromatic heterocycles. The number of aromatic amines is 1. The zero-order chi connectivity index (χ0) is 11.9. The van der Waals surface area contributed by atoms with E-state index in [1.807, 2.05) is 0 Å². The first-order valence-corrected chi connectivity index (χ1v) is 5.80. The van der Waals surface area contributed by atoms with E-state index in [2.05, 4.69) is 4.98 Å². The number of alkyl halides is 3. The van der Waals surface area contributed by atoms with Gasteiger partial charge in [0, 0.05) is 16.5 Å². The fourth-order valence-electron chi connectivity index (χ4n) is 1.50. The topological polar surface area (TPSA) is 32.9 Å². The van der Waals surface area contributed by atoms with E-state index in [-0.39, 0.29) is 10.6 Å². The Balaban J connectivity index is 2.99. The van der Waals surface area contributed by atoms with Gasteiger partial charge in [0.15, 0.2) is 0 Å². The number of pyridine rings is 1. The van der Waals surface area contributed by atoms with E-state index in [1.54, 1.807) is 24.3 Å². The van der Waals surface area contributed by atoms with E-state index in [1.165, 1.54) is 0 Å². The number of halogens is 4. The molecule has 6 heteroatoms. The van der Waals surface area contributed by atoms with Crippen LogP contribution in [0.1, 0.15) is 5.56 Å². The number of hydrogen-bond acceptors (Lipinski definition) is 1. The molecule has 0 atom stereocenters. The van der Waals surface area contributed by atoms with E-state index in [0.717, 1.165) is 0 Å². The zero-order valence-corrected chi connectivity index (χ0v) is 10.8. The Morgan fingerprint density at radius 1 is 1.12 bits per heavy atom. The van der Waals surface area contributed by atoms with Crippen molar-refractivity contribution < 1.29 is 0 Å². The van der Waals surface area contributed by atoms with Crippen molar-refractivity contribution in [3.05, 3.63) is 45.2 Å². The molecule has 0 fully saturated rings. The summed E-state index contributed by atoms with van der Waals surface area (Å²) in [6.45, 7) is 0. The number of hydrogen-bond donors (Lipinski definition) is 1. The van der Waals surface area contributed by atoms with Gasteiger partial charge >= 0.3 is 0 Å². The molecule has 84 valence electrons. The summed E-state index contributed by atoms with van der Waals surface area (Å²) in [6, 6.07) is 6.99. The van der Waals surface area contributed by atoms with Crippen LogP contribution in [-0.2, 0) is 3.79 Å². The molecule has 0 saturated heterocycles. The highest BCUT2D eigenvalue weighted by Crippen LogP contribution is 2.43. The minimum absolute atomic E-state index is 0.0984. The number of rotatable bonds is 0. The highest BCUT2D eigenvalue weighted by atomic mass is 35.6. The second kappa shape index (κ2) is 4.11. The maximum Gasteiger partial charge on any atom is 0.267 e. The molecule has 0 spiro atoms. The maximum atomic E-state index is 11.5. The van der Waals surface area contributed by atoms with Crippen LogP contribution in [-0.4, -0.2) is 4.98 Å². The molecule has 0 aliphatic carbocycles. The predicted molar refractivity (Wildman–Crippen MR) is 68.8 cm³/mol. The van der Waals surface area contributed by atoms with Crippen molar-refractivity contribution in [2.24, 2.45) is 0 Å². The third kappa shape index (κ3) is 2.03. The molecule has 0 amide bonds. The highest BCUT2D eigenvalue weighted by Gasteiger charge is 2.29. The van der Waals surface area contributed by atoms with Gasteiger partial charge in [0.25, 0.3) is 5.56 Å². The average Bonchev–Trinajstić information content (AvgIpc) is 2.17. The summed E-state index contributed by atoms with van der Waals surface area (Å²) in [4.78, 5) is 14.1. The van der Waals surface area contributed by atoms with Crippen molar-refractivity contribution in [2.45, 2.75) is 3.79 Å². The summed E-state index contributed by atoms with van der Waals surface area (Å²) in [7, 11) is 0. The second-order valence-electron chi connectivity index (χ2n) is 3.19. The molecule has 0 saturated carbocycles. The quantitative estimate of drug-likeness (QED) is 0.732. The molecule has 1 heterocycles. The Morgan fingerprint density at radius 3 is 2.38 bits per heavy atom. The Morgan fingerprint density at radius 2 is 1.75 bits per heavy atom. The second-order valence-corrected chi connectivity index (χ2v) is 5.85. The first-order chi connectivity index (χ1) is 7.41. The number of nitrogens with one attached hydrogen (secondary N) is 1. The van der Waals surface area contributed by atoms with Crippen LogP contribution in [0, 0.1) is 0 Å². The summed E-state index contributed by atoms with van der Waals surface area (Å²) in [5.41, 5.74) is 0.318. The van der Waals surface area contributed by atoms with Crippen molar-refractivity contribution >= 4 is 57.3 Å². The van der Waals surface area contributed by atoms with Gasteiger partial charge < -0.3 is 4.98 Å². The zero-order valence-electron chi connectivity index (χ0n) is 7.73. The van der Waals surface area contributed by atoms with Crippen LogP contribution in [0.2, 0.25) is 5.02 Å². The standard InChI is InChI=1S/C10H5Cl4NO/c11-8-7(10(12,13)14)5-3-1-2-4-6(5)15-9(8)16/h1-4H,(H,15,16). The first-order valence-electron chi connectivity index (χ1n) is 4.29. The summed E-state index contributed by atoms with van der Waals surface area (Å²) < 4.78 is -1.73. The third-order valence-electron chi connectivity index (χ3n) is 2.15. The first kappa shape index (κ1) is 12.1. The molecule has 2 nitrogen and oxygen atoms in total. The van der Waals surface area contributed by atoms with Gasteiger partial charge in [-0.05, 0) is 6.07 Å². The van der Waals surface area contributed by atoms with Gasteiger partial charge in [-0.3, -0.25) is 4.79 Å². The molecule has 1 N–H and O–H groups in total. The maximum absolute atomic E-state index is 11.5. The molecule has 0 aliphatic heterocycles. The summed E-state index contributed by atoms with van der Waals surface area (Å²) in [5, 5.41) is 0.519. The Kier molecular flexibility index (Phi) is 3.10. The van der Waals surface area contributed by atoms with E-state index in [9.17, 15) is 4.79 Å². The molecular formula is C10H5Cl4NO. The lowest BCUT2D eigenvalue weighted by molar-refractivity contribution is 1.20. The van der Waals surface area contributed by atoms with E-state index >= 15 is 0 Å². The summed E-state index contributed by atoms with van der Waals surface area (Å²) in [6.07, 6.45) is 0. The Labute approximate surface area is 111 Å². The third-order valence-corrected chi connectivity index (χ3v) is 3.07. The van der Waals surface area contributed by atoms with Gasteiger partial charge in [0.1, 0.15) is 5.02 Å². The minimum Gasteiger partial charge on any atom is -0.321 e. The van der Waals surface area contributed by atoms with Gasteiger partial charge in [0.2, 0.25) is 3.79 Å². The summed E-state index contributed by atoms with van der Waals surface area (Å²) in [5.74, 6) is 0. The molecule has 0 radical (unpaired) electrons. The highest BCUT2D eigenvalue weighted by molar-refractivity contribution is 6.67. The minimum atomic E-state index is -1.73. The van der Waals surface area contributed by atoms with Gasteiger partial charge in [-0.2, -0.15) is 0 Å². The molecule has 0 unspecified atom stereocenters. The monoisotopic (exact) mass is 295 g/mol. The molecule has 0 bridgehead atoms. The fraction of sp³-hybridized carbons (Fsp3) is 0.100. The van der Waals surface area contributed by atoms with E-state index < -0.39 is 9.35 Å². The van der Waals surface area contributed by atoms with Gasteiger partial charge in [-0.1, -0.05) is 64.6 Å². The van der Waals surface area contributed by atoms with Gasteiger partial charge in [0.05, 0.1) is 0 Å². The lowest BCUT2D eigenvalue weighted by atomic mass is 10.1. The van der Waals surface area contributed by atoms with Crippen molar-refractivity contribution in [2.75, 3.05) is 0 Å². The summed E-state index contributed by atoms with van der Waals surface area (Å²) >= 11 is 23.3. The Hall–Kier alpha value is -0.410. The molecule has 16 heavy (non-hydrogen) atoms. The molecule has 0 aliphatic rings. The SMILES string of the molecule is O=c1[nH]c2ccccc2c(C(Cl)(Cl)Cl)c1Cl. The number of fused-ring (bicyclic) bond motifs is 1. The molecular weight excluding hydrogens is 292 g/mol. The van der Waals surface area contributed by atoms with Crippen LogP contribution in [0.15, 0.2) is 29.1 Å². The lowest BCUT2D eigenvalue weighted by Gasteiger charge is -2.15. The number of H-pyrrole nitrogens is 1. The Bertz CT molecular complexity index is 600. The van der Waals surface area contributed by atoms with Crippen molar-refractivity contribution in [1.82, 2.24) is 4.98 Å². The van der Waals surface area contributed by atoms with Crippen LogP contribution in [0.5, 0.6) is 0 Å². The normalized spacial score (nSPS) is 12.0. The fourth-order valence-corrected chi connectivity index (χ4v) is 2.52. The van der Waals surface area contributed by atoms with Gasteiger partial charge in [-0.25, -0.2) is 0 Å². The average molecular weight is 297 g/mol. The van der Waals surface area contributed by atoms with Crippen molar-refractivity contribution in [1.29, 1.82) is 0 Å². The molecule has 1 aromatic carbocycles. The van der Waals surface area contributed by atoms with Crippen LogP contribution in [0.25, 0.3) is 10.9 Å². The van der Waals surface area contributed by atoms with E-state index in [0.29, 0.717) is 10.9 Å². The van der Waals surface area contributed by atoms with Crippen molar-refractivity contribution in [3.8, 4) is 0 Å². The smallest absolute Gasteiger partial charge is 0.267 e.